The number of benzene rings is 1. The van der Waals surface area contributed by atoms with E-state index in [4.69, 9.17) is 4.74 Å². The Hall–Kier alpha value is -1.79. The Morgan fingerprint density at radius 2 is 1.86 bits per heavy atom. The lowest BCUT2D eigenvalue weighted by atomic mass is 10.1. The number of hydrogen-bond donors (Lipinski definition) is 0. The van der Waals surface area contributed by atoms with Gasteiger partial charge in [-0.1, -0.05) is 12.1 Å². The van der Waals surface area contributed by atoms with Crippen molar-refractivity contribution in [3.63, 3.8) is 0 Å². The van der Waals surface area contributed by atoms with E-state index in [0.29, 0.717) is 11.4 Å². The molecule has 0 radical (unpaired) electrons. The highest BCUT2D eigenvalue weighted by atomic mass is 32.2. The SMILES string of the molecule is CCN1C(=O)S/C(=C\c2ccc(N3CCOCC3)cc2)C1=O. The van der Waals surface area contributed by atoms with Crippen LogP contribution in [0.1, 0.15) is 12.5 Å². The van der Waals surface area contributed by atoms with E-state index in [-0.39, 0.29) is 11.1 Å². The maximum atomic E-state index is 12.1. The maximum absolute atomic E-state index is 12.1. The number of carbonyl (C=O) groups excluding carboxylic acids is 2. The van der Waals surface area contributed by atoms with Gasteiger partial charge in [0.05, 0.1) is 18.1 Å². The lowest BCUT2D eigenvalue weighted by molar-refractivity contribution is -0.122. The summed E-state index contributed by atoms with van der Waals surface area (Å²) in [5, 5.41) is -0.191. The van der Waals surface area contributed by atoms with Gasteiger partial charge in [-0.05, 0) is 42.5 Å². The van der Waals surface area contributed by atoms with Crippen molar-refractivity contribution in [3.05, 3.63) is 34.7 Å². The maximum Gasteiger partial charge on any atom is 0.293 e. The van der Waals surface area contributed by atoms with Gasteiger partial charge in [-0.15, -0.1) is 0 Å². The molecule has 2 heterocycles. The third kappa shape index (κ3) is 3.03. The second kappa shape index (κ2) is 6.54. The number of anilines is 1. The molecule has 0 atom stereocenters. The minimum absolute atomic E-state index is 0.191. The number of nitrogens with zero attached hydrogens (tertiary/aromatic N) is 2. The largest absolute Gasteiger partial charge is 0.378 e. The molecule has 116 valence electrons. The fourth-order valence-electron chi connectivity index (χ4n) is 2.53. The third-order valence-electron chi connectivity index (χ3n) is 3.76. The summed E-state index contributed by atoms with van der Waals surface area (Å²) in [6, 6.07) is 8.04. The summed E-state index contributed by atoms with van der Waals surface area (Å²) < 4.78 is 5.35. The zero-order chi connectivity index (χ0) is 15.5. The summed E-state index contributed by atoms with van der Waals surface area (Å²) in [7, 11) is 0. The Morgan fingerprint density at radius 1 is 1.18 bits per heavy atom. The molecule has 2 fully saturated rings. The van der Waals surface area contributed by atoms with Crippen LogP contribution >= 0.6 is 11.8 Å². The van der Waals surface area contributed by atoms with Crippen LogP contribution in [0.2, 0.25) is 0 Å². The number of hydrogen-bond acceptors (Lipinski definition) is 5. The van der Waals surface area contributed by atoms with E-state index in [9.17, 15) is 9.59 Å². The minimum Gasteiger partial charge on any atom is -0.378 e. The fraction of sp³-hybridized carbons (Fsp3) is 0.375. The molecule has 3 rings (SSSR count). The summed E-state index contributed by atoms with van der Waals surface area (Å²) in [5.41, 5.74) is 2.08. The summed E-state index contributed by atoms with van der Waals surface area (Å²) in [4.78, 5) is 27.8. The predicted octanol–water partition coefficient (Wildman–Crippen LogP) is 2.58. The Kier molecular flexibility index (Phi) is 4.49. The molecule has 0 saturated carbocycles. The molecule has 0 spiro atoms. The smallest absolute Gasteiger partial charge is 0.293 e. The fourth-order valence-corrected chi connectivity index (χ4v) is 3.43. The molecular weight excluding hydrogens is 300 g/mol. The van der Waals surface area contributed by atoms with E-state index in [2.05, 4.69) is 4.90 Å². The molecule has 2 aliphatic rings. The van der Waals surface area contributed by atoms with Crippen LogP contribution in [0.4, 0.5) is 10.5 Å². The van der Waals surface area contributed by atoms with Crippen molar-refractivity contribution >= 4 is 34.7 Å². The van der Waals surface area contributed by atoms with E-state index in [0.717, 1.165) is 49.3 Å². The topological polar surface area (TPSA) is 49.9 Å². The molecular formula is C16H18N2O3S. The molecule has 6 heteroatoms. The van der Waals surface area contributed by atoms with Gasteiger partial charge in [-0.2, -0.15) is 0 Å². The van der Waals surface area contributed by atoms with Gasteiger partial charge >= 0.3 is 0 Å². The lowest BCUT2D eigenvalue weighted by Gasteiger charge is -2.28. The Morgan fingerprint density at radius 3 is 2.45 bits per heavy atom. The van der Waals surface area contributed by atoms with Crippen LogP contribution in [-0.4, -0.2) is 48.9 Å². The molecule has 2 saturated heterocycles. The second-order valence-corrected chi connectivity index (χ2v) is 6.11. The highest BCUT2D eigenvalue weighted by molar-refractivity contribution is 8.18. The number of rotatable bonds is 3. The molecule has 1 aromatic rings. The summed E-state index contributed by atoms with van der Waals surface area (Å²) in [6.45, 7) is 5.52. The van der Waals surface area contributed by atoms with Crippen LogP contribution in [-0.2, 0) is 9.53 Å². The van der Waals surface area contributed by atoms with E-state index >= 15 is 0 Å². The number of thioether (sulfide) groups is 1. The van der Waals surface area contributed by atoms with Crippen molar-refractivity contribution in [1.82, 2.24) is 4.90 Å². The lowest BCUT2D eigenvalue weighted by Crippen LogP contribution is -2.36. The second-order valence-electron chi connectivity index (χ2n) is 5.12. The van der Waals surface area contributed by atoms with Crippen molar-refractivity contribution < 1.29 is 14.3 Å². The Labute approximate surface area is 133 Å². The number of ether oxygens (including phenoxy) is 1. The normalized spacial score (nSPS) is 21.0. The molecule has 1 aromatic carbocycles. The van der Waals surface area contributed by atoms with Crippen LogP contribution < -0.4 is 4.90 Å². The van der Waals surface area contributed by atoms with E-state index < -0.39 is 0 Å². The van der Waals surface area contributed by atoms with Crippen molar-refractivity contribution in [2.45, 2.75) is 6.92 Å². The summed E-state index contributed by atoms with van der Waals surface area (Å²) in [6.07, 6.45) is 1.78. The molecule has 0 aliphatic carbocycles. The summed E-state index contributed by atoms with van der Waals surface area (Å²) >= 11 is 1.01. The van der Waals surface area contributed by atoms with Crippen LogP contribution in [0.25, 0.3) is 6.08 Å². The third-order valence-corrected chi connectivity index (χ3v) is 4.66. The van der Waals surface area contributed by atoms with Gasteiger partial charge in [-0.3, -0.25) is 14.5 Å². The van der Waals surface area contributed by atoms with Gasteiger partial charge in [0.2, 0.25) is 0 Å². The van der Waals surface area contributed by atoms with Gasteiger partial charge in [-0.25, -0.2) is 0 Å². The number of imide groups is 1. The van der Waals surface area contributed by atoms with Gasteiger partial charge in [0.1, 0.15) is 0 Å². The molecule has 5 nitrogen and oxygen atoms in total. The Bertz CT molecular complexity index is 606. The van der Waals surface area contributed by atoms with Crippen molar-refractivity contribution in [2.75, 3.05) is 37.7 Å². The van der Waals surface area contributed by atoms with Gasteiger partial charge in [0.15, 0.2) is 0 Å². The van der Waals surface area contributed by atoms with Crippen LogP contribution in [0.3, 0.4) is 0 Å². The molecule has 0 N–H and O–H groups in total. The van der Waals surface area contributed by atoms with Gasteiger partial charge < -0.3 is 9.64 Å². The number of likely N-dealkylation sites (N-methyl/N-ethyl adjacent to an activating group) is 1. The van der Waals surface area contributed by atoms with Crippen LogP contribution in [0.5, 0.6) is 0 Å². The standard InChI is InChI=1S/C16H18N2O3S/c1-2-18-15(19)14(22-16(18)20)11-12-3-5-13(6-4-12)17-7-9-21-10-8-17/h3-6,11H,2,7-10H2,1H3/b14-11-. The molecule has 0 bridgehead atoms. The van der Waals surface area contributed by atoms with Gasteiger partial charge in [0, 0.05) is 25.3 Å². The van der Waals surface area contributed by atoms with E-state index in [1.54, 1.807) is 13.0 Å². The first-order chi connectivity index (χ1) is 10.7. The molecule has 0 unspecified atom stereocenters. The average molecular weight is 318 g/mol. The number of morpholine rings is 1. The predicted molar refractivity (Wildman–Crippen MR) is 87.8 cm³/mol. The number of carbonyl (C=O) groups is 2. The first kappa shape index (κ1) is 15.1. The molecule has 22 heavy (non-hydrogen) atoms. The minimum atomic E-state index is -0.199. The van der Waals surface area contributed by atoms with E-state index in [1.807, 2.05) is 24.3 Å². The van der Waals surface area contributed by atoms with Crippen LogP contribution in [0.15, 0.2) is 29.2 Å². The average Bonchev–Trinajstić information content (AvgIpc) is 2.82. The molecule has 2 aliphatic heterocycles. The Balaban J connectivity index is 1.74. The van der Waals surface area contributed by atoms with Crippen molar-refractivity contribution in [1.29, 1.82) is 0 Å². The zero-order valence-electron chi connectivity index (χ0n) is 12.4. The monoisotopic (exact) mass is 318 g/mol. The summed E-state index contributed by atoms with van der Waals surface area (Å²) in [5.74, 6) is -0.199. The molecule has 2 amide bonds. The highest BCUT2D eigenvalue weighted by Crippen LogP contribution is 2.32. The number of amides is 2. The first-order valence-corrected chi connectivity index (χ1v) is 8.19. The first-order valence-electron chi connectivity index (χ1n) is 7.37. The zero-order valence-corrected chi connectivity index (χ0v) is 13.3. The van der Waals surface area contributed by atoms with Gasteiger partial charge in [0.25, 0.3) is 11.1 Å². The quantitative estimate of drug-likeness (QED) is 0.802. The van der Waals surface area contributed by atoms with Crippen LogP contribution in [0, 0.1) is 0 Å². The van der Waals surface area contributed by atoms with Crippen molar-refractivity contribution in [2.24, 2.45) is 0 Å². The highest BCUT2D eigenvalue weighted by Gasteiger charge is 2.33. The van der Waals surface area contributed by atoms with Crippen molar-refractivity contribution in [3.8, 4) is 0 Å². The molecule has 0 aromatic heterocycles. The van der Waals surface area contributed by atoms with E-state index in [1.165, 1.54) is 4.90 Å².